The Hall–Kier alpha value is -1.52. The van der Waals surface area contributed by atoms with Crippen LogP contribution in [0.15, 0.2) is 21.9 Å². The summed E-state index contributed by atoms with van der Waals surface area (Å²) in [5.41, 5.74) is 5.27. The third kappa shape index (κ3) is 4.22. The highest BCUT2D eigenvalue weighted by molar-refractivity contribution is 7.93. The molecule has 0 bridgehead atoms. The number of halogens is 1. The van der Waals surface area contributed by atoms with Gasteiger partial charge in [0.15, 0.2) is 19.7 Å². The number of rotatable bonds is 5. The first-order chi connectivity index (χ1) is 9.34. The molecule has 0 amide bonds. The van der Waals surface area contributed by atoms with Crippen molar-refractivity contribution in [3.05, 3.63) is 23.5 Å². The molecular weight excluding hydrogens is 325 g/mol. The predicted octanol–water partition coefficient (Wildman–Crippen LogP) is -0.413. The standard InChI is InChI=1S/C11H14FNO6S2/c1-20(16,17)9-5-6(4-8(13)11(14)15)3-7(12)10(9)21(2,18)19/h3,5,8H,4,13H2,1-2H3,(H,14,15). The maximum absolute atomic E-state index is 14.0. The molecule has 3 N–H and O–H groups in total. The Morgan fingerprint density at radius 3 is 2.14 bits per heavy atom. The molecule has 1 unspecified atom stereocenters. The van der Waals surface area contributed by atoms with Crippen LogP contribution in [0.4, 0.5) is 4.39 Å². The molecule has 1 aromatic rings. The van der Waals surface area contributed by atoms with E-state index in [2.05, 4.69) is 0 Å². The fourth-order valence-corrected chi connectivity index (χ4v) is 4.26. The van der Waals surface area contributed by atoms with Crippen LogP contribution in [0, 0.1) is 5.82 Å². The zero-order valence-electron chi connectivity index (χ0n) is 11.2. The zero-order valence-corrected chi connectivity index (χ0v) is 12.8. The van der Waals surface area contributed by atoms with E-state index in [1.165, 1.54) is 0 Å². The number of carboxylic acid groups (broad SMARTS) is 1. The van der Waals surface area contributed by atoms with Crippen LogP contribution in [0.5, 0.6) is 0 Å². The minimum Gasteiger partial charge on any atom is -0.480 e. The van der Waals surface area contributed by atoms with Gasteiger partial charge < -0.3 is 10.8 Å². The first kappa shape index (κ1) is 17.5. The lowest BCUT2D eigenvalue weighted by molar-refractivity contribution is -0.138. The molecular formula is C11H14FNO6S2. The van der Waals surface area contributed by atoms with Crippen LogP contribution in [0.1, 0.15) is 5.56 Å². The molecule has 0 saturated carbocycles. The van der Waals surface area contributed by atoms with Gasteiger partial charge in [-0.2, -0.15) is 0 Å². The van der Waals surface area contributed by atoms with Gasteiger partial charge in [-0.1, -0.05) is 0 Å². The lowest BCUT2D eigenvalue weighted by Crippen LogP contribution is -2.32. The molecule has 0 fully saturated rings. The van der Waals surface area contributed by atoms with Gasteiger partial charge in [-0.15, -0.1) is 0 Å². The van der Waals surface area contributed by atoms with Gasteiger partial charge in [0.1, 0.15) is 16.8 Å². The van der Waals surface area contributed by atoms with Crippen molar-refractivity contribution in [1.29, 1.82) is 0 Å². The topological polar surface area (TPSA) is 132 Å². The lowest BCUT2D eigenvalue weighted by atomic mass is 10.1. The van der Waals surface area contributed by atoms with Crippen molar-refractivity contribution in [3.63, 3.8) is 0 Å². The van der Waals surface area contributed by atoms with E-state index in [1.807, 2.05) is 0 Å². The quantitative estimate of drug-likeness (QED) is 0.745. The number of nitrogens with two attached hydrogens (primary N) is 1. The van der Waals surface area contributed by atoms with Crippen LogP contribution >= 0.6 is 0 Å². The van der Waals surface area contributed by atoms with Crippen molar-refractivity contribution >= 4 is 25.6 Å². The molecule has 0 aromatic heterocycles. The molecule has 0 aliphatic carbocycles. The number of sulfone groups is 2. The van der Waals surface area contributed by atoms with Gasteiger partial charge in [0, 0.05) is 12.5 Å². The zero-order chi connectivity index (χ0) is 16.6. The fourth-order valence-electron chi connectivity index (χ4n) is 1.72. The van der Waals surface area contributed by atoms with Crippen molar-refractivity contribution in [3.8, 4) is 0 Å². The molecule has 0 saturated heterocycles. The molecule has 0 spiro atoms. The van der Waals surface area contributed by atoms with Crippen molar-refractivity contribution in [2.75, 3.05) is 12.5 Å². The van der Waals surface area contributed by atoms with Crippen LogP contribution in [0.3, 0.4) is 0 Å². The van der Waals surface area contributed by atoms with Crippen LogP contribution in [-0.4, -0.2) is 46.5 Å². The minimum absolute atomic E-state index is 0.0183. The summed E-state index contributed by atoms with van der Waals surface area (Å²) in [6, 6.07) is 0.340. The third-order valence-electron chi connectivity index (χ3n) is 2.61. The molecule has 10 heteroatoms. The van der Waals surface area contributed by atoms with Crippen LogP contribution in [0.25, 0.3) is 0 Å². The molecule has 118 valence electrons. The van der Waals surface area contributed by atoms with Crippen molar-refractivity contribution in [2.45, 2.75) is 22.3 Å². The molecule has 21 heavy (non-hydrogen) atoms. The summed E-state index contributed by atoms with van der Waals surface area (Å²) in [7, 11) is -8.14. The van der Waals surface area contributed by atoms with Crippen LogP contribution < -0.4 is 5.73 Å². The number of aliphatic carboxylic acids is 1. The second kappa shape index (κ2) is 5.70. The maximum atomic E-state index is 14.0. The summed E-state index contributed by atoms with van der Waals surface area (Å²) >= 11 is 0. The second-order valence-corrected chi connectivity index (χ2v) is 8.53. The Kier molecular flexibility index (Phi) is 4.76. The Morgan fingerprint density at radius 2 is 1.76 bits per heavy atom. The van der Waals surface area contributed by atoms with Gasteiger partial charge in [0.2, 0.25) is 0 Å². The summed E-state index contributed by atoms with van der Waals surface area (Å²) in [6.45, 7) is 0. The summed E-state index contributed by atoms with van der Waals surface area (Å²) in [5.74, 6) is -2.60. The molecule has 1 aromatic carbocycles. The highest BCUT2D eigenvalue weighted by Crippen LogP contribution is 2.26. The molecule has 0 aliphatic heterocycles. The summed E-state index contributed by atoms with van der Waals surface area (Å²) in [5, 5.41) is 8.69. The van der Waals surface area contributed by atoms with Gasteiger partial charge in [0.25, 0.3) is 0 Å². The normalized spacial score (nSPS) is 13.9. The van der Waals surface area contributed by atoms with E-state index < -0.39 is 47.3 Å². The van der Waals surface area contributed by atoms with Crippen molar-refractivity contribution < 1.29 is 31.1 Å². The second-order valence-electron chi connectivity index (χ2n) is 4.60. The van der Waals surface area contributed by atoms with E-state index in [0.29, 0.717) is 6.26 Å². The largest absolute Gasteiger partial charge is 0.480 e. The predicted molar refractivity (Wildman–Crippen MR) is 71.9 cm³/mol. The average Bonchev–Trinajstić information content (AvgIpc) is 2.24. The third-order valence-corrected chi connectivity index (χ3v) is 5.02. The van der Waals surface area contributed by atoms with Crippen LogP contribution in [-0.2, 0) is 30.9 Å². The number of benzene rings is 1. The Labute approximate surface area is 121 Å². The molecule has 0 heterocycles. The number of carboxylic acids is 1. The van der Waals surface area contributed by atoms with E-state index in [4.69, 9.17) is 10.8 Å². The molecule has 0 radical (unpaired) electrons. The summed E-state index contributed by atoms with van der Waals surface area (Å²) in [6.07, 6.45) is 1.08. The number of carbonyl (C=O) groups is 1. The maximum Gasteiger partial charge on any atom is 0.320 e. The Bertz CT molecular complexity index is 785. The highest BCUT2D eigenvalue weighted by atomic mass is 32.2. The molecule has 0 aliphatic rings. The van der Waals surface area contributed by atoms with Crippen molar-refractivity contribution in [1.82, 2.24) is 0 Å². The van der Waals surface area contributed by atoms with E-state index in [9.17, 15) is 26.0 Å². The Morgan fingerprint density at radius 1 is 1.24 bits per heavy atom. The van der Waals surface area contributed by atoms with Gasteiger partial charge >= 0.3 is 5.97 Å². The van der Waals surface area contributed by atoms with E-state index >= 15 is 0 Å². The van der Waals surface area contributed by atoms with Gasteiger partial charge in [-0.25, -0.2) is 21.2 Å². The summed E-state index contributed by atoms with van der Waals surface area (Å²) in [4.78, 5) is 9.02. The van der Waals surface area contributed by atoms with Crippen molar-refractivity contribution in [2.24, 2.45) is 5.73 Å². The first-order valence-electron chi connectivity index (χ1n) is 5.55. The average molecular weight is 339 g/mol. The lowest BCUT2D eigenvalue weighted by Gasteiger charge is -2.12. The minimum atomic E-state index is -4.11. The first-order valence-corrected chi connectivity index (χ1v) is 9.33. The smallest absolute Gasteiger partial charge is 0.320 e. The van der Waals surface area contributed by atoms with E-state index in [1.54, 1.807) is 0 Å². The monoisotopic (exact) mass is 339 g/mol. The SMILES string of the molecule is CS(=O)(=O)c1cc(CC(N)C(=O)O)cc(F)c1S(C)(=O)=O. The van der Waals surface area contributed by atoms with Gasteiger partial charge in [0.05, 0.1) is 4.90 Å². The molecule has 7 nitrogen and oxygen atoms in total. The summed E-state index contributed by atoms with van der Waals surface area (Å²) < 4.78 is 60.3. The van der Waals surface area contributed by atoms with E-state index in [-0.39, 0.29) is 12.0 Å². The van der Waals surface area contributed by atoms with Gasteiger partial charge in [-0.05, 0) is 24.1 Å². The highest BCUT2D eigenvalue weighted by Gasteiger charge is 2.26. The van der Waals surface area contributed by atoms with Gasteiger partial charge in [-0.3, -0.25) is 4.79 Å². The molecule has 1 rings (SSSR count). The molecule has 1 atom stereocenters. The van der Waals surface area contributed by atoms with Crippen LogP contribution in [0.2, 0.25) is 0 Å². The number of hydrogen-bond donors (Lipinski definition) is 2. The number of hydrogen-bond acceptors (Lipinski definition) is 6. The Balaban J connectivity index is 3.58. The van der Waals surface area contributed by atoms with E-state index in [0.717, 1.165) is 18.4 Å². The fraction of sp³-hybridized carbons (Fsp3) is 0.364.